The van der Waals surface area contributed by atoms with Crippen molar-refractivity contribution >= 4 is 39.1 Å². The number of hydrogen-bond donors (Lipinski definition) is 1. The van der Waals surface area contributed by atoms with E-state index in [2.05, 4.69) is 5.32 Å². The van der Waals surface area contributed by atoms with E-state index in [0.29, 0.717) is 10.7 Å². The van der Waals surface area contributed by atoms with Crippen LogP contribution >= 0.6 is 11.6 Å². The fourth-order valence-electron chi connectivity index (χ4n) is 5.02. The Bertz CT molecular complexity index is 1740. The van der Waals surface area contributed by atoms with Crippen molar-refractivity contribution in [3.63, 3.8) is 0 Å². The fraction of sp³-hybridized carbons (Fsp3) is 0.278. The number of benzene rings is 4. The SMILES string of the molecule is Cc1cccc(N(CC(=O)N(Cc2ccccc2C)[C@H](Cc2ccccc2)C(=O)NC(C)(C)C)S(=O)(=O)c2ccc(Cl)cc2)c1. The molecule has 1 atom stereocenters. The quantitative estimate of drug-likeness (QED) is 0.197. The Labute approximate surface area is 271 Å². The van der Waals surface area contributed by atoms with E-state index in [1.165, 1.54) is 29.2 Å². The van der Waals surface area contributed by atoms with Crippen LogP contribution in [-0.2, 0) is 32.6 Å². The molecule has 0 aliphatic carbocycles. The predicted octanol–water partition coefficient (Wildman–Crippen LogP) is 6.71. The summed E-state index contributed by atoms with van der Waals surface area (Å²) in [6.45, 7) is 9.05. The standard InChI is InChI=1S/C36H40ClN3O4S/c1-26-12-11-17-31(22-26)40(45(43,44)32-20-18-30(37)19-21-32)25-34(41)39(24-29-16-10-9-13-27(29)2)33(35(42)38-36(3,4)5)23-28-14-7-6-8-15-28/h6-22,33H,23-25H2,1-5H3,(H,38,42)/t33-/m1/s1. The van der Waals surface area contributed by atoms with Crippen molar-refractivity contribution in [3.05, 3.63) is 130 Å². The number of amides is 2. The number of halogens is 1. The van der Waals surface area contributed by atoms with Gasteiger partial charge in [0, 0.05) is 23.5 Å². The summed E-state index contributed by atoms with van der Waals surface area (Å²) < 4.78 is 29.4. The van der Waals surface area contributed by atoms with Crippen molar-refractivity contribution in [2.24, 2.45) is 0 Å². The van der Waals surface area contributed by atoms with Crippen LogP contribution in [0.15, 0.2) is 108 Å². The van der Waals surface area contributed by atoms with Gasteiger partial charge in [-0.25, -0.2) is 8.42 Å². The number of aryl methyl sites for hydroxylation is 2. The van der Waals surface area contributed by atoms with Gasteiger partial charge in [0.2, 0.25) is 11.8 Å². The first kappa shape index (κ1) is 33.7. The molecule has 0 heterocycles. The maximum atomic E-state index is 14.6. The third-order valence-electron chi connectivity index (χ3n) is 7.34. The number of anilines is 1. The number of carbonyl (C=O) groups is 2. The summed E-state index contributed by atoms with van der Waals surface area (Å²) in [5, 5.41) is 3.45. The van der Waals surface area contributed by atoms with Crippen LogP contribution in [0.25, 0.3) is 0 Å². The normalized spacial score (nSPS) is 12.3. The molecule has 0 saturated heterocycles. The van der Waals surface area contributed by atoms with E-state index >= 15 is 0 Å². The van der Waals surface area contributed by atoms with Crippen molar-refractivity contribution in [3.8, 4) is 0 Å². The molecule has 0 aliphatic rings. The first-order chi connectivity index (χ1) is 21.2. The summed E-state index contributed by atoms with van der Waals surface area (Å²) in [6, 6.07) is 29.1. The molecule has 0 unspecified atom stereocenters. The zero-order valence-corrected chi connectivity index (χ0v) is 27.9. The Morgan fingerprint density at radius 1 is 0.844 bits per heavy atom. The second-order valence-corrected chi connectivity index (χ2v) is 14.5. The Kier molecular flexibility index (Phi) is 10.7. The van der Waals surface area contributed by atoms with E-state index in [9.17, 15) is 18.0 Å². The molecule has 0 aromatic heterocycles. The smallest absolute Gasteiger partial charge is 0.264 e. The van der Waals surface area contributed by atoms with Crippen LogP contribution in [0.1, 0.15) is 43.0 Å². The van der Waals surface area contributed by atoms with E-state index in [1.807, 2.05) is 95.3 Å². The van der Waals surface area contributed by atoms with Crippen LogP contribution in [0.5, 0.6) is 0 Å². The highest BCUT2D eigenvalue weighted by Gasteiger charge is 2.35. The van der Waals surface area contributed by atoms with Crippen molar-refractivity contribution in [1.29, 1.82) is 0 Å². The highest BCUT2D eigenvalue weighted by molar-refractivity contribution is 7.92. The average Bonchev–Trinajstić information content (AvgIpc) is 2.98. The molecule has 1 N–H and O–H groups in total. The molecule has 9 heteroatoms. The van der Waals surface area contributed by atoms with Gasteiger partial charge in [0.05, 0.1) is 10.6 Å². The average molecular weight is 646 g/mol. The second kappa shape index (κ2) is 14.3. The van der Waals surface area contributed by atoms with Gasteiger partial charge in [0.15, 0.2) is 0 Å². The fourth-order valence-corrected chi connectivity index (χ4v) is 6.56. The van der Waals surface area contributed by atoms with Crippen molar-refractivity contribution < 1.29 is 18.0 Å². The molecule has 0 fully saturated rings. The van der Waals surface area contributed by atoms with Crippen molar-refractivity contribution in [2.75, 3.05) is 10.8 Å². The molecule has 0 radical (unpaired) electrons. The summed E-state index contributed by atoms with van der Waals surface area (Å²) in [6.07, 6.45) is 0.245. The van der Waals surface area contributed by atoms with Crippen LogP contribution in [0.2, 0.25) is 5.02 Å². The summed E-state index contributed by atoms with van der Waals surface area (Å²) >= 11 is 6.06. The van der Waals surface area contributed by atoms with Gasteiger partial charge in [-0.05, 0) is 93.3 Å². The molecule has 0 saturated carbocycles. The third kappa shape index (κ3) is 8.96. The molecule has 0 spiro atoms. The Hall–Kier alpha value is -4.14. The molecule has 4 aromatic carbocycles. The van der Waals surface area contributed by atoms with Crippen LogP contribution in [-0.4, -0.2) is 43.3 Å². The molecule has 0 aliphatic heterocycles. The molecular formula is C36H40ClN3O4S. The van der Waals surface area contributed by atoms with Crippen LogP contribution in [0.3, 0.4) is 0 Å². The molecular weight excluding hydrogens is 606 g/mol. The lowest BCUT2D eigenvalue weighted by Gasteiger charge is -2.35. The predicted molar refractivity (Wildman–Crippen MR) is 181 cm³/mol. The van der Waals surface area contributed by atoms with Crippen LogP contribution < -0.4 is 9.62 Å². The Balaban J connectivity index is 1.83. The summed E-state index contributed by atoms with van der Waals surface area (Å²) in [5.41, 5.74) is 3.30. The number of hydrogen-bond acceptors (Lipinski definition) is 4. The topological polar surface area (TPSA) is 86.8 Å². The van der Waals surface area contributed by atoms with Gasteiger partial charge in [-0.15, -0.1) is 0 Å². The minimum atomic E-state index is -4.20. The number of rotatable bonds is 11. The lowest BCUT2D eigenvalue weighted by Crippen LogP contribution is -2.56. The van der Waals surface area contributed by atoms with Gasteiger partial charge in [0.25, 0.3) is 10.0 Å². The summed E-state index contributed by atoms with van der Waals surface area (Å²) in [4.78, 5) is 30.1. The highest BCUT2D eigenvalue weighted by atomic mass is 35.5. The van der Waals surface area contributed by atoms with Gasteiger partial charge in [-0.2, -0.15) is 0 Å². The lowest BCUT2D eigenvalue weighted by atomic mass is 10.00. The maximum Gasteiger partial charge on any atom is 0.264 e. The number of carbonyl (C=O) groups excluding carboxylic acids is 2. The first-order valence-corrected chi connectivity index (χ1v) is 16.6. The molecule has 2 amide bonds. The van der Waals surface area contributed by atoms with Crippen LogP contribution in [0, 0.1) is 13.8 Å². The Morgan fingerprint density at radius 2 is 1.49 bits per heavy atom. The van der Waals surface area contributed by atoms with E-state index in [4.69, 9.17) is 11.6 Å². The van der Waals surface area contributed by atoms with Crippen LogP contribution in [0.4, 0.5) is 5.69 Å². The lowest BCUT2D eigenvalue weighted by molar-refractivity contribution is -0.140. The van der Waals surface area contributed by atoms with Gasteiger partial charge in [0.1, 0.15) is 12.6 Å². The number of nitrogens with zero attached hydrogens (tertiary/aromatic N) is 2. The zero-order chi connectivity index (χ0) is 32.8. The molecule has 7 nitrogen and oxygen atoms in total. The van der Waals surface area contributed by atoms with Gasteiger partial charge in [-0.1, -0.05) is 78.3 Å². The van der Waals surface area contributed by atoms with E-state index in [0.717, 1.165) is 26.6 Å². The van der Waals surface area contributed by atoms with Crippen molar-refractivity contribution in [1.82, 2.24) is 10.2 Å². The van der Waals surface area contributed by atoms with Gasteiger partial charge >= 0.3 is 0 Å². The summed E-state index contributed by atoms with van der Waals surface area (Å²) in [5.74, 6) is -0.835. The minimum Gasteiger partial charge on any atom is -0.350 e. The second-order valence-electron chi connectivity index (χ2n) is 12.2. The van der Waals surface area contributed by atoms with Gasteiger partial charge in [-0.3, -0.25) is 13.9 Å². The maximum absolute atomic E-state index is 14.6. The number of sulfonamides is 1. The molecule has 4 aromatic rings. The molecule has 4 rings (SSSR count). The largest absolute Gasteiger partial charge is 0.350 e. The minimum absolute atomic E-state index is 0.00188. The monoisotopic (exact) mass is 645 g/mol. The first-order valence-electron chi connectivity index (χ1n) is 14.8. The molecule has 45 heavy (non-hydrogen) atoms. The Morgan fingerprint density at radius 3 is 2.11 bits per heavy atom. The zero-order valence-electron chi connectivity index (χ0n) is 26.3. The molecule has 0 bridgehead atoms. The summed E-state index contributed by atoms with van der Waals surface area (Å²) in [7, 11) is -4.20. The van der Waals surface area contributed by atoms with E-state index in [-0.39, 0.29) is 23.8 Å². The third-order valence-corrected chi connectivity index (χ3v) is 9.38. The van der Waals surface area contributed by atoms with Gasteiger partial charge < -0.3 is 10.2 Å². The number of nitrogens with one attached hydrogen (secondary N) is 1. The van der Waals surface area contributed by atoms with E-state index in [1.54, 1.807) is 18.2 Å². The van der Waals surface area contributed by atoms with Crippen molar-refractivity contribution in [2.45, 2.75) is 64.1 Å². The highest BCUT2D eigenvalue weighted by Crippen LogP contribution is 2.27. The van der Waals surface area contributed by atoms with E-state index < -0.39 is 34.1 Å². The molecule has 236 valence electrons.